The Bertz CT molecular complexity index is 352. The molecule has 4 nitrogen and oxygen atoms in total. The minimum Gasteiger partial charge on any atom is -0.481 e. The molecule has 2 N–H and O–H groups in total. The Hall–Kier alpha value is -1.06. The summed E-state index contributed by atoms with van der Waals surface area (Å²) in [6.45, 7) is 12.9. The molecular formula is C15H27NO3. The van der Waals surface area contributed by atoms with Gasteiger partial charge in [-0.3, -0.25) is 9.59 Å². The normalized spacial score (nSPS) is 24.9. The summed E-state index contributed by atoms with van der Waals surface area (Å²) in [7, 11) is 0. The lowest BCUT2D eigenvalue weighted by atomic mass is 9.85. The van der Waals surface area contributed by atoms with Crippen LogP contribution in [-0.4, -0.2) is 23.5 Å². The van der Waals surface area contributed by atoms with Crippen molar-refractivity contribution in [2.24, 2.45) is 35.0 Å². The van der Waals surface area contributed by atoms with Crippen LogP contribution < -0.4 is 5.32 Å². The van der Waals surface area contributed by atoms with Crippen molar-refractivity contribution in [1.82, 2.24) is 5.32 Å². The van der Waals surface area contributed by atoms with Crippen molar-refractivity contribution in [3.05, 3.63) is 0 Å². The van der Waals surface area contributed by atoms with E-state index in [1.165, 1.54) is 0 Å². The quantitative estimate of drug-likeness (QED) is 0.778. The summed E-state index contributed by atoms with van der Waals surface area (Å²) in [6, 6.07) is 0. The van der Waals surface area contributed by atoms with Crippen LogP contribution in [0.15, 0.2) is 0 Å². The van der Waals surface area contributed by atoms with Gasteiger partial charge in [0.2, 0.25) is 5.91 Å². The molecule has 1 rings (SSSR count). The number of aliphatic carboxylic acids is 1. The lowest BCUT2D eigenvalue weighted by Gasteiger charge is -2.25. The van der Waals surface area contributed by atoms with Gasteiger partial charge in [-0.2, -0.15) is 0 Å². The molecule has 0 aliphatic heterocycles. The van der Waals surface area contributed by atoms with Crippen molar-refractivity contribution in [2.45, 2.75) is 41.5 Å². The first kappa shape index (κ1) is 16.0. The second kappa shape index (κ2) is 5.51. The molecule has 0 aromatic heterocycles. The molecular weight excluding hydrogens is 242 g/mol. The number of carbonyl (C=O) groups excluding carboxylic acids is 1. The number of nitrogens with one attached hydrogen (secondary N) is 1. The number of rotatable bonds is 6. The molecule has 4 heteroatoms. The zero-order valence-corrected chi connectivity index (χ0v) is 12.9. The van der Waals surface area contributed by atoms with Crippen molar-refractivity contribution in [1.29, 1.82) is 0 Å². The fraction of sp³-hybridized carbons (Fsp3) is 0.867. The number of carboxylic acid groups (broad SMARTS) is 1. The van der Waals surface area contributed by atoms with E-state index in [1.54, 1.807) is 0 Å². The number of hydrogen-bond donors (Lipinski definition) is 2. The Labute approximate surface area is 116 Å². The lowest BCUT2D eigenvalue weighted by molar-refractivity contribution is -0.140. The highest BCUT2D eigenvalue weighted by molar-refractivity contribution is 5.91. The summed E-state index contributed by atoms with van der Waals surface area (Å²) in [6.07, 6.45) is 0. The van der Waals surface area contributed by atoms with E-state index in [2.05, 4.69) is 33.0 Å². The summed E-state index contributed by atoms with van der Waals surface area (Å²) >= 11 is 0. The van der Waals surface area contributed by atoms with E-state index in [0.29, 0.717) is 24.3 Å². The molecule has 2 unspecified atom stereocenters. The maximum Gasteiger partial charge on any atom is 0.307 e. The molecule has 1 amide bonds. The van der Waals surface area contributed by atoms with Gasteiger partial charge in [-0.15, -0.1) is 0 Å². The highest BCUT2D eigenvalue weighted by Gasteiger charge is 2.65. The highest BCUT2D eigenvalue weighted by atomic mass is 16.4. The topological polar surface area (TPSA) is 66.4 Å². The molecule has 0 aromatic rings. The molecule has 110 valence electrons. The van der Waals surface area contributed by atoms with E-state index in [4.69, 9.17) is 5.11 Å². The number of carbonyl (C=O) groups is 2. The largest absolute Gasteiger partial charge is 0.481 e. The average molecular weight is 269 g/mol. The lowest BCUT2D eigenvalue weighted by Crippen LogP contribution is -2.35. The minimum atomic E-state index is -0.866. The van der Waals surface area contributed by atoms with Gasteiger partial charge in [-0.1, -0.05) is 41.5 Å². The van der Waals surface area contributed by atoms with Crippen LogP contribution in [0.1, 0.15) is 41.5 Å². The van der Waals surface area contributed by atoms with E-state index in [-0.39, 0.29) is 11.8 Å². The van der Waals surface area contributed by atoms with Gasteiger partial charge in [0.05, 0.1) is 11.8 Å². The predicted octanol–water partition coefficient (Wildman–Crippen LogP) is 2.39. The molecule has 0 heterocycles. The monoisotopic (exact) mass is 269 g/mol. The SMILES string of the molecule is CC(C)C(CNC(=O)C1C(C(=O)O)C1(C)C)C(C)C. The van der Waals surface area contributed by atoms with Crippen LogP contribution in [-0.2, 0) is 9.59 Å². The Balaban J connectivity index is 2.56. The van der Waals surface area contributed by atoms with Gasteiger partial charge in [0, 0.05) is 6.54 Å². The van der Waals surface area contributed by atoms with Crippen LogP contribution in [0, 0.1) is 35.0 Å². The number of carboxylic acids is 1. The van der Waals surface area contributed by atoms with Gasteiger partial charge < -0.3 is 10.4 Å². The van der Waals surface area contributed by atoms with E-state index in [1.807, 2.05) is 13.8 Å². The fourth-order valence-electron chi connectivity index (χ4n) is 3.16. The summed E-state index contributed by atoms with van der Waals surface area (Å²) in [4.78, 5) is 23.2. The Morgan fingerprint density at radius 2 is 1.58 bits per heavy atom. The minimum absolute atomic E-state index is 0.108. The van der Waals surface area contributed by atoms with Gasteiger partial charge in [0.15, 0.2) is 0 Å². The molecule has 0 saturated heterocycles. The van der Waals surface area contributed by atoms with Gasteiger partial charge in [0.1, 0.15) is 0 Å². The summed E-state index contributed by atoms with van der Waals surface area (Å²) in [5, 5.41) is 12.0. The summed E-state index contributed by atoms with van der Waals surface area (Å²) in [5.41, 5.74) is -0.416. The first-order valence-corrected chi connectivity index (χ1v) is 7.11. The predicted molar refractivity (Wildman–Crippen MR) is 74.6 cm³/mol. The zero-order chi connectivity index (χ0) is 15.0. The molecule has 1 fully saturated rings. The fourth-order valence-corrected chi connectivity index (χ4v) is 3.16. The molecule has 0 radical (unpaired) electrons. The molecule has 2 atom stereocenters. The van der Waals surface area contributed by atoms with E-state index >= 15 is 0 Å². The van der Waals surface area contributed by atoms with Crippen molar-refractivity contribution >= 4 is 11.9 Å². The third-order valence-corrected chi connectivity index (χ3v) is 4.60. The second-order valence-corrected chi connectivity index (χ2v) is 7.01. The van der Waals surface area contributed by atoms with Crippen LogP contribution in [0.5, 0.6) is 0 Å². The van der Waals surface area contributed by atoms with E-state index in [9.17, 15) is 9.59 Å². The summed E-state index contributed by atoms with van der Waals surface area (Å²) in [5.74, 6) is -0.466. The van der Waals surface area contributed by atoms with Gasteiger partial charge in [0.25, 0.3) is 0 Å². The Kier molecular flexibility index (Phi) is 4.64. The van der Waals surface area contributed by atoms with E-state index < -0.39 is 17.3 Å². The maximum atomic E-state index is 12.1. The molecule has 1 saturated carbocycles. The van der Waals surface area contributed by atoms with Crippen LogP contribution in [0.25, 0.3) is 0 Å². The van der Waals surface area contributed by atoms with Crippen LogP contribution in [0.3, 0.4) is 0 Å². The molecule has 1 aliphatic rings. The van der Waals surface area contributed by atoms with Crippen molar-refractivity contribution in [3.8, 4) is 0 Å². The number of amides is 1. The first-order valence-electron chi connectivity index (χ1n) is 7.11. The van der Waals surface area contributed by atoms with Crippen LogP contribution >= 0.6 is 0 Å². The molecule has 19 heavy (non-hydrogen) atoms. The first-order chi connectivity index (χ1) is 8.60. The third-order valence-electron chi connectivity index (χ3n) is 4.60. The van der Waals surface area contributed by atoms with Crippen LogP contribution in [0.2, 0.25) is 0 Å². The molecule has 0 bridgehead atoms. The van der Waals surface area contributed by atoms with Crippen molar-refractivity contribution in [2.75, 3.05) is 6.54 Å². The summed E-state index contributed by atoms with van der Waals surface area (Å²) < 4.78 is 0. The van der Waals surface area contributed by atoms with Crippen molar-refractivity contribution in [3.63, 3.8) is 0 Å². The third kappa shape index (κ3) is 3.28. The molecule has 0 aromatic carbocycles. The smallest absolute Gasteiger partial charge is 0.307 e. The maximum absolute atomic E-state index is 12.1. The van der Waals surface area contributed by atoms with Crippen LogP contribution in [0.4, 0.5) is 0 Å². The zero-order valence-electron chi connectivity index (χ0n) is 12.9. The molecule has 1 aliphatic carbocycles. The highest BCUT2D eigenvalue weighted by Crippen LogP contribution is 2.58. The van der Waals surface area contributed by atoms with Crippen molar-refractivity contribution < 1.29 is 14.7 Å². The standard InChI is InChI=1S/C15H27NO3/c1-8(2)10(9(3)4)7-16-13(17)11-12(14(18)19)15(11,5)6/h8-12H,7H2,1-6H3,(H,16,17)(H,18,19). The average Bonchev–Trinajstić information content (AvgIpc) is 2.80. The van der Waals surface area contributed by atoms with Gasteiger partial charge in [-0.25, -0.2) is 0 Å². The van der Waals surface area contributed by atoms with E-state index in [0.717, 1.165) is 0 Å². The Morgan fingerprint density at radius 1 is 1.11 bits per heavy atom. The van der Waals surface area contributed by atoms with Gasteiger partial charge in [-0.05, 0) is 23.2 Å². The Morgan fingerprint density at radius 3 is 1.89 bits per heavy atom. The second-order valence-electron chi connectivity index (χ2n) is 7.01. The molecule has 0 spiro atoms. The van der Waals surface area contributed by atoms with Gasteiger partial charge >= 0.3 is 5.97 Å². The number of hydrogen-bond acceptors (Lipinski definition) is 2.